The molecular formula is C23H26FN3O2. The van der Waals surface area contributed by atoms with Gasteiger partial charge in [0.1, 0.15) is 5.82 Å². The number of carbonyl (C=O) groups is 1. The summed E-state index contributed by atoms with van der Waals surface area (Å²) in [7, 11) is 0. The van der Waals surface area contributed by atoms with Crippen molar-refractivity contribution >= 4 is 5.91 Å². The molecule has 0 aliphatic carbocycles. The molecule has 0 bridgehead atoms. The average molecular weight is 395 g/mol. The second-order valence-electron chi connectivity index (χ2n) is 7.59. The zero-order valence-corrected chi connectivity index (χ0v) is 17.1. The molecule has 0 aliphatic rings. The van der Waals surface area contributed by atoms with Gasteiger partial charge in [0.2, 0.25) is 0 Å². The first-order valence-corrected chi connectivity index (χ1v) is 9.67. The van der Waals surface area contributed by atoms with Crippen molar-refractivity contribution in [3.8, 4) is 22.4 Å². The Bertz CT molecular complexity index is 1030. The number of halogens is 1. The van der Waals surface area contributed by atoms with E-state index in [0.29, 0.717) is 16.7 Å². The highest BCUT2D eigenvalue weighted by Gasteiger charge is 2.17. The summed E-state index contributed by atoms with van der Waals surface area (Å²) in [6.07, 6.45) is 1.71. The number of carbonyl (C=O) groups excluding carboxylic acids is 1. The lowest BCUT2D eigenvalue weighted by Gasteiger charge is -2.16. The van der Waals surface area contributed by atoms with Gasteiger partial charge in [-0.15, -0.1) is 0 Å². The Hall–Kier alpha value is -2.99. The smallest absolute Gasteiger partial charge is 0.251 e. The molecule has 2 N–H and O–H groups in total. The Morgan fingerprint density at radius 1 is 1.14 bits per heavy atom. The highest BCUT2D eigenvalue weighted by atomic mass is 19.1. The van der Waals surface area contributed by atoms with E-state index in [0.717, 1.165) is 16.8 Å². The van der Waals surface area contributed by atoms with Crippen LogP contribution in [-0.2, 0) is 0 Å². The van der Waals surface area contributed by atoms with E-state index in [1.54, 1.807) is 31.3 Å². The fourth-order valence-corrected chi connectivity index (χ4v) is 3.22. The van der Waals surface area contributed by atoms with Crippen LogP contribution in [0.25, 0.3) is 22.4 Å². The second-order valence-corrected chi connectivity index (χ2v) is 7.59. The molecule has 0 radical (unpaired) electrons. The summed E-state index contributed by atoms with van der Waals surface area (Å²) in [6.45, 7) is 7.44. The summed E-state index contributed by atoms with van der Waals surface area (Å²) in [5.74, 6) is -0.660. The number of hydrogen-bond acceptors (Lipinski definition) is 3. The third kappa shape index (κ3) is 4.54. The van der Waals surface area contributed by atoms with Gasteiger partial charge in [0.05, 0.1) is 12.3 Å². The van der Waals surface area contributed by atoms with E-state index in [9.17, 15) is 14.3 Å². The van der Waals surface area contributed by atoms with Gasteiger partial charge >= 0.3 is 0 Å². The summed E-state index contributed by atoms with van der Waals surface area (Å²) >= 11 is 0. The third-order valence-electron chi connectivity index (χ3n) is 4.74. The van der Waals surface area contributed by atoms with Gasteiger partial charge in [-0.1, -0.05) is 12.1 Å². The molecule has 3 rings (SSSR count). The van der Waals surface area contributed by atoms with Gasteiger partial charge in [-0.25, -0.2) is 4.39 Å². The summed E-state index contributed by atoms with van der Waals surface area (Å²) in [4.78, 5) is 12.7. The SMILES string of the molecule is Cc1ccc(-c2cc(C(=O)N[C@@H](C)CO)cc(-c3ccnn3C(C)C)c2)c(F)c1. The Kier molecular flexibility index (Phi) is 6.13. The van der Waals surface area contributed by atoms with Crippen molar-refractivity contribution in [2.24, 2.45) is 0 Å². The van der Waals surface area contributed by atoms with E-state index in [4.69, 9.17) is 0 Å². The van der Waals surface area contributed by atoms with Crippen LogP contribution in [0.4, 0.5) is 4.39 Å². The number of rotatable bonds is 6. The monoisotopic (exact) mass is 395 g/mol. The number of nitrogens with zero attached hydrogens (tertiary/aromatic N) is 2. The van der Waals surface area contributed by atoms with Crippen molar-refractivity contribution in [3.05, 3.63) is 65.6 Å². The molecule has 6 heteroatoms. The molecule has 152 valence electrons. The van der Waals surface area contributed by atoms with Gasteiger partial charge in [0.15, 0.2) is 0 Å². The van der Waals surface area contributed by atoms with Crippen molar-refractivity contribution in [1.82, 2.24) is 15.1 Å². The predicted octanol–water partition coefficient (Wildman–Crippen LogP) is 4.36. The summed E-state index contributed by atoms with van der Waals surface area (Å²) in [5, 5.41) is 16.4. The first kappa shape index (κ1) is 20.7. The zero-order valence-electron chi connectivity index (χ0n) is 17.1. The number of nitrogens with one attached hydrogen (secondary N) is 1. The standard InChI is InChI=1S/C23H26FN3O2/c1-14(2)27-22(7-8-25-27)18-10-17(20-6-5-15(3)9-21(20)24)11-19(12-18)23(29)26-16(4)13-28/h5-12,14,16,28H,13H2,1-4H3,(H,26,29)/t16-/m0/s1. The van der Waals surface area contributed by atoms with Crippen LogP contribution < -0.4 is 5.32 Å². The van der Waals surface area contributed by atoms with Crippen molar-refractivity contribution < 1.29 is 14.3 Å². The normalized spacial score (nSPS) is 12.2. The topological polar surface area (TPSA) is 67.2 Å². The molecule has 0 aliphatic heterocycles. The Balaban J connectivity index is 2.16. The molecule has 2 aromatic carbocycles. The van der Waals surface area contributed by atoms with Gasteiger partial charge in [-0.05, 0) is 69.2 Å². The van der Waals surface area contributed by atoms with Gasteiger partial charge in [0.25, 0.3) is 5.91 Å². The van der Waals surface area contributed by atoms with Crippen molar-refractivity contribution in [3.63, 3.8) is 0 Å². The molecule has 3 aromatic rings. The summed E-state index contributed by atoms with van der Waals surface area (Å²) in [5.41, 5.74) is 3.88. The first-order valence-electron chi connectivity index (χ1n) is 9.67. The Morgan fingerprint density at radius 3 is 2.52 bits per heavy atom. The summed E-state index contributed by atoms with van der Waals surface area (Å²) < 4.78 is 16.5. The quantitative estimate of drug-likeness (QED) is 0.652. The molecule has 0 unspecified atom stereocenters. The van der Waals surface area contributed by atoms with Crippen LogP contribution in [0.2, 0.25) is 0 Å². The van der Waals surface area contributed by atoms with E-state index >= 15 is 0 Å². The molecule has 0 saturated heterocycles. The fraction of sp³-hybridized carbons (Fsp3) is 0.304. The lowest BCUT2D eigenvalue weighted by molar-refractivity contribution is 0.0922. The van der Waals surface area contributed by atoms with Gasteiger partial charge < -0.3 is 10.4 Å². The highest BCUT2D eigenvalue weighted by Crippen LogP contribution is 2.31. The van der Waals surface area contributed by atoms with Crippen molar-refractivity contribution in [1.29, 1.82) is 0 Å². The zero-order chi connectivity index (χ0) is 21.1. The Morgan fingerprint density at radius 2 is 1.86 bits per heavy atom. The lowest BCUT2D eigenvalue weighted by Crippen LogP contribution is -2.35. The molecule has 0 fully saturated rings. The van der Waals surface area contributed by atoms with E-state index < -0.39 is 0 Å². The highest BCUT2D eigenvalue weighted by molar-refractivity contribution is 5.97. The van der Waals surface area contributed by atoms with E-state index in [1.165, 1.54) is 6.07 Å². The number of benzene rings is 2. The van der Waals surface area contributed by atoms with Gasteiger partial charge in [0, 0.05) is 35.0 Å². The predicted molar refractivity (Wildman–Crippen MR) is 112 cm³/mol. The molecule has 0 saturated carbocycles. The molecular weight excluding hydrogens is 369 g/mol. The molecule has 0 spiro atoms. The number of hydrogen-bond donors (Lipinski definition) is 2. The van der Waals surface area contributed by atoms with Gasteiger partial charge in [-0.2, -0.15) is 5.10 Å². The largest absolute Gasteiger partial charge is 0.394 e. The van der Waals surface area contributed by atoms with Crippen LogP contribution in [0.1, 0.15) is 42.7 Å². The fourth-order valence-electron chi connectivity index (χ4n) is 3.22. The molecule has 1 aromatic heterocycles. The third-order valence-corrected chi connectivity index (χ3v) is 4.74. The number of aliphatic hydroxyl groups excluding tert-OH is 1. The molecule has 1 amide bonds. The van der Waals surface area contributed by atoms with Gasteiger partial charge in [-0.3, -0.25) is 9.48 Å². The first-order chi connectivity index (χ1) is 13.8. The van der Waals surface area contributed by atoms with E-state index in [-0.39, 0.29) is 30.4 Å². The second kappa shape index (κ2) is 8.57. The molecule has 29 heavy (non-hydrogen) atoms. The van der Waals surface area contributed by atoms with Crippen LogP contribution in [0.5, 0.6) is 0 Å². The van der Waals surface area contributed by atoms with Crippen LogP contribution in [-0.4, -0.2) is 33.4 Å². The number of aromatic nitrogens is 2. The van der Waals surface area contributed by atoms with E-state index in [1.807, 2.05) is 43.7 Å². The molecule has 1 heterocycles. The maximum absolute atomic E-state index is 14.7. The number of aryl methyl sites for hydroxylation is 1. The number of aliphatic hydroxyl groups is 1. The van der Waals surface area contributed by atoms with Crippen molar-refractivity contribution in [2.45, 2.75) is 39.8 Å². The number of amides is 1. The molecule has 5 nitrogen and oxygen atoms in total. The minimum Gasteiger partial charge on any atom is -0.394 e. The van der Waals surface area contributed by atoms with Crippen LogP contribution in [0.3, 0.4) is 0 Å². The van der Waals surface area contributed by atoms with Crippen LogP contribution >= 0.6 is 0 Å². The summed E-state index contributed by atoms with van der Waals surface area (Å²) in [6, 6.07) is 12.0. The maximum atomic E-state index is 14.7. The average Bonchev–Trinajstić information content (AvgIpc) is 3.17. The maximum Gasteiger partial charge on any atom is 0.251 e. The van der Waals surface area contributed by atoms with Crippen molar-refractivity contribution in [2.75, 3.05) is 6.61 Å². The minimum absolute atomic E-state index is 0.131. The van der Waals surface area contributed by atoms with Crippen LogP contribution in [0.15, 0.2) is 48.7 Å². The van der Waals surface area contributed by atoms with E-state index in [2.05, 4.69) is 10.4 Å². The molecule has 1 atom stereocenters. The minimum atomic E-state index is -0.382. The lowest BCUT2D eigenvalue weighted by atomic mass is 9.96. The Labute approximate surface area is 170 Å². The van der Waals surface area contributed by atoms with Crippen LogP contribution in [0, 0.1) is 12.7 Å².